The van der Waals surface area contributed by atoms with Crippen LogP contribution in [-0.4, -0.2) is 21.2 Å². The van der Waals surface area contributed by atoms with Crippen LogP contribution < -0.4 is 10.9 Å². The average Bonchev–Trinajstić information content (AvgIpc) is 3.26. The van der Waals surface area contributed by atoms with E-state index in [9.17, 15) is 9.59 Å². The first-order chi connectivity index (χ1) is 16.0. The number of benzene rings is 2. The molecule has 0 unspecified atom stereocenters. The van der Waals surface area contributed by atoms with Crippen molar-refractivity contribution in [3.63, 3.8) is 0 Å². The largest absolute Gasteiger partial charge is 0.351 e. The zero-order valence-corrected chi connectivity index (χ0v) is 20.6. The molecule has 5 nitrogen and oxygen atoms in total. The molecular formula is C25H24ClN3O2S2. The number of aryl methyl sites for hydroxylation is 2. The van der Waals surface area contributed by atoms with E-state index >= 15 is 0 Å². The molecule has 8 heteroatoms. The van der Waals surface area contributed by atoms with Crippen molar-refractivity contribution in [2.75, 3.05) is 5.75 Å². The van der Waals surface area contributed by atoms with Gasteiger partial charge in [-0.15, -0.1) is 11.3 Å². The van der Waals surface area contributed by atoms with Gasteiger partial charge in [0.1, 0.15) is 4.83 Å². The lowest BCUT2D eigenvalue weighted by Gasteiger charge is -2.12. The number of nitrogens with zero attached hydrogens (tertiary/aromatic N) is 2. The molecule has 0 radical (unpaired) electrons. The Morgan fingerprint density at radius 2 is 1.88 bits per heavy atom. The molecule has 2 aromatic carbocycles. The lowest BCUT2D eigenvalue weighted by atomic mass is 10.1. The van der Waals surface area contributed by atoms with Gasteiger partial charge >= 0.3 is 0 Å². The molecule has 1 amide bonds. The molecule has 0 spiro atoms. The predicted octanol–water partition coefficient (Wildman–Crippen LogP) is 5.33. The lowest BCUT2D eigenvalue weighted by Crippen LogP contribution is -2.27. The van der Waals surface area contributed by atoms with Crippen LogP contribution in [0.4, 0.5) is 0 Å². The summed E-state index contributed by atoms with van der Waals surface area (Å²) >= 11 is 8.75. The SMILES string of the molecule is CCc1cc2c(=O)n(CCc3ccccc3)c(SCC(=O)NCc3ccc(Cl)cc3)nc2s1. The van der Waals surface area contributed by atoms with E-state index in [1.807, 2.05) is 48.5 Å². The highest BCUT2D eigenvalue weighted by Crippen LogP contribution is 2.25. The van der Waals surface area contributed by atoms with Crippen LogP contribution in [0.25, 0.3) is 10.2 Å². The van der Waals surface area contributed by atoms with Crippen LogP contribution in [-0.2, 0) is 30.7 Å². The molecule has 0 aliphatic carbocycles. The molecule has 33 heavy (non-hydrogen) atoms. The zero-order chi connectivity index (χ0) is 23.2. The highest BCUT2D eigenvalue weighted by molar-refractivity contribution is 7.99. The molecule has 0 saturated heterocycles. The van der Waals surface area contributed by atoms with Gasteiger partial charge in [-0.25, -0.2) is 4.98 Å². The second-order valence-electron chi connectivity index (χ2n) is 7.56. The summed E-state index contributed by atoms with van der Waals surface area (Å²) in [5.41, 5.74) is 2.08. The Morgan fingerprint density at radius 3 is 2.61 bits per heavy atom. The average molecular weight is 498 g/mol. The summed E-state index contributed by atoms with van der Waals surface area (Å²) in [4.78, 5) is 32.4. The molecule has 2 heterocycles. The minimum atomic E-state index is -0.112. The normalized spacial score (nSPS) is 11.1. The molecule has 0 bridgehead atoms. The Morgan fingerprint density at radius 1 is 1.12 bits per heavy atom. The number of hydrogen-bond acceptors (Lipinski definition) is 5. The molecule has 0 saturated carbocycles. The number of nitrogens with one attached hydrogen (secondary N) is 1. The smallest absolute Gasteiger partial charge is 0.262 e. The maximum absolute atomic E-state index is 13.3. The number of thiophene rings is 1. The third kappa shape index (κ3) is 6.05. The summed E-state index contributed by atoms with van der Waals surface area (Å²) in [5.74, 6) is 0.0717. The summed E-state index contributed by atoms with van der Waals surface area (Å²) in [6.45, 7) is 3.01. The van der Waals surface area contributed by atoms with Crippen molar-refractivity contribution in [3.05, 3.63) is 92.0 Å². The monoisotopic (exact) mass is 497 g/mol. The molecule has 1 N–H and O–H groups in total. The van der Waals surface area contributed by atoms with Crippen molar-refractivity contribution >= 4 is 50.8 Å². The first-order valence-corrected chi connectivity index (χ1v) is 12.9. The van der Waals surface area contributed by atoms with Gasteiger partial charge in [-0.05, 0) is 42.2 Å². The van der Waals surface area contributed by atoms with E-state index in [1.165, 1.54) is 11.8 Å². The van der Waals surface area contributed by atoms with Crippen molar-refractivity contribution < 1.29 is 4.79 Å². The van der Waals surface area contributed by atoms with Gasteiger partial charge in [-0.1, -0.05) is 72.8 Å². The first-order valence-electron chi connectivity index (χ1n) is 10.7. The van der Waals surface area contributed by atoms with Crippen LogP contribution in [0.1, 0.15) is 22.9 Å². The van der Waals surface area contributed by atoms with E-state index in [2.05, 4.69) is 12.2 Å². The summed E-state index contributed by atoms with van der Waals surface area (Å²) in [6, 6.07) is 19.4. The van der Waals surface area contributed by atoms with Crippen molar-refractivity contribution in [2.45, 2.75) is 38.0 Å². The van der Waals surface area contributed by atoms with E-state index in [4.69, 9.17) is 16.6 Å². The molecular weight excluding hydrogens is 474 g/mol. The fraction of sp³-hybridized carbons (Fsp3) is 0.240. The second kappa shape index (κ2) is 11.0. The third-order valence-electron chi connectivity index (χ3n) is 5.22. The second-order valence-corrected chi connectivity index (χ2v) is 10.1. The number of carbonyl (C=O) groups is 1. The molecule has 4 aromatic rings. The van der Waals surface area contributed by atoms with Gasteiger partial charge < -0.3 is 5.32 Å². The third-order valence-corrected chi connectivity index (χ3v) is 7.62. The Hall–Kier alpha value is -2.61. The van der Waals surface area contributed by atoms with Crippen molar-refractivity contribution in [1.82, 2.24) is 14.9 Å². The minimum Gasteiger partial charge on any atom is -0.351 e. The van der Waals surface area contributed by atoms with Crippen LogP contribution in [0.5, 0.6) is 0 Å². The number of fused-ring (bicyclic) bond motifs is 1. The molecule has 0 atom stereocenters. The molecule has 0 fully saturated rings. The van der Waals surface area contributed by atoms with Gasteiger partial charge in [0.2, 0.25) is 5.91 Å². The predicted molar refractivity (Wildman–Crippen MR) is 137 cm³/mol. The van der Waals surface area contributed by atoms with Crippen molar-refractivity contribution in [1.29, 1.82) is 0 Å². The molecule has 0 aliphatic rings. The number of thioether (sulfide) groups is 1. The number of aromatic nitrogens is 2. The van der Waals surface area contributed by atoms with Gasteiger partial charge in [0.05, 0.1) is 11.1 Å². The number of carbonyl (C=O) groups excluding carboxylic acids is 1. The van der Waals surface area contributed by atoms with E-state index < -0.39 is 0 Å². The summed E-state index contributed by atoms with van der Waals surface area (Å²) < 4.78 is 1.71. The van der Waals surface area contributed by atoms with E-state index in [0.29, 0.717) is 28.7 Å². The fourth-order valence-corrected chi connectivity index (χ4v) is 5.39. The Bertz CT molecular complexity index is 1300. The quantitative estimate of drug-likeness (QED) is 0.251. The Labute approximate surface area is 205 Å². The van der Waals surface area contributed by atoms with Crippen LogP contribution in [0.2, 0.25) is 5.02 Å². The van der Waals surface area contributed by atoms with Crippen LogP contribution in [0.3, 0.4) is 0 Å². The van der Waals surface area contributed by atoms with Crippen LogP contribution >= 0.6 is 34.7 Å². The van der Waals surface area contributed by atoms with Gasteiger partial charge in [0, 0.05) is 23.0 Å². The van der Waals surface area contributed by atoms with E-state index in [0.717, 1.165) is 33.7 Å². The van der Waals surface area contributed by atoms with Gasteiger partial charge in [-0.2, -0.15) is 0 Å². The van der Waals surface area contributed by atoms with Crippen molar-refractivity contribution in [2.24, 2.45) is 0 Å². The van der Waals surface area contributed by atoms with E-state index in [-0.39, 0.29) is 17.2 Å². The lowest BCUT2D eigenvalue weighted by molar-refractivity contribution is -0.118. The fourth-order valence-electron chi connectivity index (χ4n) is 3.40. The molecule has 4 rings (SSSR count). The van der Waals surface area contributed by atoms with Crippen molar-refractivity contribution in [3.8, 4) is 0 Å². The summed E-state index contributed by atoms with van der Waals surface area (Å²) in [7, 11) is 0. The van der Waals surface area contributed by atoms with Gasteiger partial charge in [0.25, 0.3) is 5.56 Å². The number of halogens is 1. The van der Waals surface area contributed by atoms with Crippen LogP contribution in [0, 0.1) is 0 Å². The Kier molecular flexibility index (Phi) is 7.85. The number of amides is 1. The zero-order valence-electron chi connectivity index (χ0n) is 18.2. The first kappa shape index (κ1) is 23.5. The minimum absolute atomic E-state index is 0.0454. The van der Waals surface area contributed by atoms with Gasteiger partial charge in [-0.3, -0.25) is 14.2 Å². The highest BCUT2D eigenvalue weighted by Gasteiger charge is 2.16. The maximum Gasteiger partial charge on any atom is 0.262 e. The maximum atomic E-state index is 13.3. The molecule has 2 aromatic heterocycles. The Balaban J connectivity index is 1.50. The standard InChI is InChI=1S/C25H24ClN3O2S2/c1-2-20-14-21-23(33-20)28-25(29(24(21)31)13-12-17-6-4-3-5-7-17)32-16-22(30)27-15-18-8-10-19(26)11-9-18/h3-11,14H,2,12-13,15-16H2,1H3,(H,27,30). The topological polar surface area (TPSA) is 64.0 Å². The van der Waals surface area contributed by atoms with Crippen LogP contribution in [0.15, 0.2) is 70.6 Å². The molecule has 170 valence electrons. The number of rotatable bonds is 9. The van der Waals surface area contributed by atoms with E-state index in [1.54, 1.807) is 28.0 Å². The summed E-state index contributed by atoms with van der Waals surface area (Å²) in [5, 5.41) is 4.81. The summed E-state index contributed by atoms with van der Waals surface area (Å²) in [6.07, 6.45) is 1.58. The highest BCUT2D eigenvalue weighted by atomic mass is 35.5. The van der Waals surface area contributed by atoms with Gasteiger partial charge in [0.15, 0.2) is 5.16 Å². The molecule has 0 aliphatic heterocycles. The number of hydrogen-bond donors (Lipinski definition) is 1.